The van der Waals surface area contributed by atoms with Crippen LogP contribution < -0.4 is 0 Å². The molecule has 2 rings (SSSR count). The second-order valence-electron chi connectivity index (χ2n) is 7.31. The second-order valence-corrected chi connectivity index (χ2v) is 7.31. The van der Waals surface area contributed by atoms with Crippen LogP contribution in [0.25, 0.3) is 0 Å². The first-order valence-electron chi connectivity index (χ1n) is 8.16. The SMILES string of the molecule is CN(C)CCN(Cc1cccnc1)C(=O)c1cc(C(C)(C)C)[nH]n1. The Hall–Kier alpha value is -2.21. The van der Waals surface area contributed by atoms with Crippen LogP contribution in [0.5, 0.6) is 0 Å². The molecule has 24 heavy (non-hydrogen) atoms. The largest absolute Gasteiger partial charge is 0.332 e. The van der Waals surface area contributed by atoms with Crippen LogP contribution in [0.3, 0.4) is 0 Å². The van der Waals surface area contributed by atoms with E-state index in [1.54, 1.807) is 12.4 Å². The molecular formula is C18H27N5O. The number of aromatic amines is 1. The van der Waals surface area contributed by atoms with Gasteiger partial charge in [-0.15, -0.1) is 0 Å². The first-order chi connectivity index (χ1) is 11.3. The van der Waals surface area contributed by atoms with E-state index >= 15 is 0 Å². The Morgan fingerprint density at radius 3 is 2.54 bits per heavy atom. The van der Waals surface area contributed by atoms with Crippen molar-refractivity contribution in [2.24, 2.45) is 0 Å². The average Bonchev–Trinajstić information content (AvgIpc) is 3.01. The van der Waals surface area contributed by atoms with Crippen molar-refractivity contribution in [1.82, 2.24) is 25.0 Å². The van der Waals surface area contributed by atoms with Crippen molar-refractivity contribution < 1.29 is 4.79 Å². The quantitative estimate of drug-likeness (QED) is 0.883. The third-order valence-corrected chi connectivity index (χ3v) is 3.81. The molecule has 0 aliphatic heterocycles. The van der Waals surface area contributed by atoms with Crippen LogP contribution in [0.15, 0.2) is 30.6 Å². The summed E-state index contributed by atoms with van der Waals surface area (Å²) in [6.07, 6.45) is 3.53. The van der Waals surface area contributed by atoms with Crippen molar-refractivity contribution in [2.75, 3.05) is 27.2 Å². The molecule has 6 nitrogen and oxygen atoms in total. The first kappa shape index (κ1) is 18.1. The summed E-state index contributed by atoms with van der Waals surface area (Å²) in [4.78, 5) is 20.9. The van der Waals surface area contributed by atoms with E-state index in [0.29, 0.717) is 18.8 Å². The van der Waals surface area contributed by atoms with Crippen molar-refractivity contribution in [2.45, 2.75) is 32.7 Å². The molecule has 0 atom stereocenters. The van der Waals surface area contributed by atoms with E-state index in [1.165, 1.54) is 0 Å². The summed E-state index contributed by atoms with van der Waals surface area (Å²) < 4.78 is 0. The highest BCUT2D eigenvalue weighted by Gasteiger charge is 2.23. The zero-order valence-electron chi connectivity index (χ0n) is 15.2. The number of pyridine rings is 1. The molecule has 0 radical (unpaired) electrons. The number of nitrogens with zero attached hydrogens (tertiary/aromatic N) is 4. The van der Waals surface area contributed by atoms with Gasteiger partial charge in [0.1, 0.15) is 5.69 Å². The minimum absolute atomic E-state index is 0.0625. The number of aromatic nitrogens is 3. The number of hydrogen-bond acceptors (Lipinski definition) is 4. The molecule has 1 N–H and O–H groups in total. The molecule has 0 aliphatic rings. The Kier molecular flexibility index (Phi) is 5.72. The molecule has 0 bridgehead atoms. The third kappa shape index (κ3) is 4.89. The maximum Gasteiger partial charge on any atom is 0.274 e. The van der Waals surface area contributed by atoms with Gasteiger partial charge in [-0.05, 0) is 31.8 Å². The first-order valence-corrected chi connectivity index (χ1v) is 8.16. The van der Waals surface area contributed by atoms with E-state index < -0.39 is 0 Å². The van der Waals surface area contributed by atoms with E-state index in [1.807, 2.05) is 37.2 Å². The van der Waals surface area contributed by atoms with Gasteiger partial charge in [-0.25, -0.2) is 0 Å². The molecule has 2 aromatic rings. The van der Waals surface area contributed by atoms with E-state index in [2.05, 4.69) is 40.9 Å². The van der Waals surface area contributed by atoms with Gasteiger partial charge in [0.2, 0.25) is 0 Å². The molecule has 0 aromatic carbocycles. The van der Waals surface area contributed by atoms with Gasteiger partial charge in [0, 0.05) is 43.1 Å². The van der Waals surface area contributed by atoms with Gasteiger partial charge in [0.05, 0.1) is 0 Å². The predicted molar refractivity (Wildman–Crippen MR) is 94.8 cm³/mol. The highest BCUT2D eigenvalue weighted by molar-refractivity contribution is 5.92. The second kappa shape index (κ2) is 7.57. The summed E-state index contributed by atoms with van der Waals surface area (Å²) in [5.41, 5.74) is 2.36. The predicted octanol–water partition coefficient (Wildman–Crippen LogP) is 2.31. The molecule has 0 aliphatic carbocycles. The lowest BCUT2D eigenvalue weighted by Gasteiger charge is -2.23. The molecule has 2 aromatic heterocycles. The third-order valence-electron chi connectivity index (χ3n) is 3.81. The van der Waals surface area contributed by atoms with Gasteiger partial charge in [-0.1, -0.05) is 26.8 Å². The standard InChI is InChI=1S/C18H27N5O/c1-18(2,3)16-11-15(20-21-16)17(24)23(10-9-22(4)5)13-14-7-6-8-19-12-14/h6-8,11-12H,9-10,13H2,1-5H3,(H,20,21). The maximum atomic E-state index is 12.9. The summed E-state index contributed by atoms with van der Waals surface area (Å²) in [6, 6.07) is 5.72. The number of rotatable bonds is 6. The molecule has 0 saturated heterocycles. The Balaban J connectivity index is 2.18. The van der Waals surface area contributed by atoms with Gasteiger partial charge < -0.3 is 9.80 Å². The molecule has 0 saturated carbocycles. The lowest BCUT2D eigenvalue weighted by molar-refractivity contribution is 0.0726. The van der Waals surface area contributed by atoms with Crippen LogP contribution in [-0.2, 0) is 12.0 Å². The molecule has 2 heterocycles. The highest BCUT2D eigenvalue weighted by atomic mass is 16.2. The fraction of sp³-hybridized carbons (Fsp3) is 0.500. The number of amides is 1. The molecule has 0 unspecified atom stereocenters. The zero-order valence-corrected chi connectivity index (χ0v) is 15.2. The van der Waals surface area contributed by atoms with Crippen molar-refractivity contribution in [3.8, 4) is 0 Å². The van der Waals surface area contributed by atoms with Crippen LogP contribution in [0, 0.1) is 0 Å². The maximum absolute atomic E-state index is 12.9. The van der Waals surface area contributed by atoms with Gasteiger partial charge in [0.25, 0.3) is 5.91 Å². The van der Waals surface area contributed by atoms with Crippen LogP contribution in [0.2, 0.25) is 0 Å². The van der Waals surface area contributed by atoms with Crippen molar-refractivity contribution >= 4 is 5.91 Å². The number of hydrogen-bond donors (Lipinski definition) is 1. The van der Waals surface area contributed by atoms with Gasteiger partial charge in [-0.3, -0.25) is 14.9 Å². The van der Waals surface area contributed by atoms with Crippen LogP contribution in [0.1, 0.15) is 42.5 Å². The monoisotopic (exact) mass is 329 g/mol. The van der Waals surface area contributed by atoms with Gasteiger partial charge in [0.15, 0.2) is 0 Å². The topological polar surface area (TPSA) is 65.1 Å². The van der Waals surface area contributed by atoms with Crippen LogP contribution >= 0.6 is 0 Å². The lowest BCUT2D eigenvalue weighted by atomic mass is 9.92. The Bertz CT molecular complexity index is 658. The summed E-state index contributed by atoms with van der Waals surface area (Å²) in [7, 11) is 4.00. The summed E-state index contributed by atoms with van der Waals surface area (Å²) >= 11 is 0. The summed E-state index contributed by atoms with van der Waals surface area (Å²) in [6.45, 7) is 8.23. The summed E-state index contributed by atoms with van der Waals surface area (Å²) in [5.74, 6) is -0.0625. The van der Waals surface area contributed by atoms with E-state index in [0.717, 1.165) is 17.8 Å². The molecule has 6 heteroatoms. The Morgan fingerprint density at radius 2 is 2.00 bits per heavy atom. The van der Waals surface area contributed by atoms with Crippen LogP contribution in [-0.4, -0.2) is 58.1 Å². The van der Waals surface area contributed by atoms with E-state index in [4.69, 9.17) is 0 Å². The average molecular weight is 329 g/mol. The van der Waals surface area contributed by atoms with Crippen molar-refractivity contribution in [3.63, 3.8) is 0 Å². The number of nitrogens with one attached hydrogen (secondary N) is 1. The molecule has 130 valence electrons. The molecular weight excluding hydrogens is 302 g/mol. The number of H-pyrrole nitrogens is 1. The highest BCUT2D eigenvalue weighted by Crippen LogP contribution is 2.21. The number of likely N-dealkylation sites (N-methyl/N-ethyl adjacent to an activating group) is 1. The fourth-order valence-electron chi connectivity index (χ4n) is 2.26. The van der Waals surface area contributed by atoms with E-state index in [9.17, 15) is 4.79 Å². The fourth-order valence-corrected chi connectivity index (χ4v) is 2.26. The van der Waals surface area contributed by atoms with Gasteiger partial charge >= 0.3 is 0 Å². The van der Waals surface area contributed by atoms with E-state index in [-0.39, 0.29) is 11.3 Å². The molecule has 1 amide bonds. The molecule has 0 spiro atoms. The van der Waals surface area contributed by atoms with Crippen LogP contribution in [0.4, 0.5) is 0 Å². The Labute approximate surface area is 143 Å². The Morgan fingerprint density at radius 1 is 1.25 bits per heavy atom. The summed E-state index contributed by atoms with van der Waals surface area (Å²) in [5, 5.41) is 7.22. The minimum atomic E-state index is -0.0661. The smallest absolute Gasteiger partial charge is 0.274 e. The lowest BCUT2D eigenvalue weighted by Crippen LogP contribution is -2.36. The van der Waals surface area contributed by atoms with Gasteiger partial charge in [-0.2, -0.15) is 5.10 Å². The van der Waals surface area contributed by atoms with Crippen molar-refractivity contribution in [3.05, 3.63) is 47.5 Å². The number of carbonyl (C=O) groups excluding carboxylic acids is 1. The molecule has 0 fully saturated rings. The normalized spacial score (nSPS) is 11.8. The van der Waals surface area contributed by atoms with Crippen molar-refractivity contribution in [1.29, 1.82) is 0 Å². The zero-order chi connectivity index (χ0) is 17.7. The minimum Gasteiger partial charge on any atom is -0.332 e. The number of carbonyl (C=O) groups is 1.